The molecule has 0 aliphatic heterocycles. The van der Waals surface area contributed by atoms with Gasteiger partial charge in [-0.15, -0.1) is 0 Å². The van der Waals surface area contributed by atoms with Gasteiger partial charge in [0.05, 0.1) is 0 Å². The number of hydrogen-bond donors (Lipinski definition) is 0. The smallest absolute Gasteiger partial charge is 0.652 e. The van der Waals surface area contributed by atoms with Gasteiger partial charge in [0.1, 0.15) is 0 Å². The third-order valence-electron chi connectivity index (χ3n) is 0. The summed E-state index contributed by atoms with van der Waals surface area (Å²) < 4.78 is 0. The molecule has 0 amide bonds. The topological polar surface area (TPSA) is 126 Å². The van der Waals surface area contributed by atoms with Crippen LogP contribution in [0.15, 0.2) is 0 Å². The average Bonchev–Trinajstić information content (AvgIpc) is 1.25. The van der Waals surface area contributed by atoms with Crippen molar-refractivity contribution in [1.29, 1.82) is 0 Å². The van der Waals surface area contributed by atoms with Crippen molar-refractivity contribution in [3.05, 3.63) is 0 Å². The van der Waals surface area contributed by atoms with Crippen LogP contribution in [0.25, 0.3) is 0 Å². The number of rotatable bonds is 0. The Morgan fingerprint density at radius 3 is 0.800 bits per heavy atom. The molecule has 0 saturated carbocycles. The second kappa shape index (κ2) is 15.9. The maximum atomic E-state index is 8.33. The van der Waals surface area contributed by atoms with Crippen molar-refractivity contribution >= 4 is 35.4 Å². The van der Waals surface area contributed by atoms with Gasteiger partial charge < -0.3 is 30.0 Å². The third kappa shape index (κ3) is 12000. The summed E-state index contributed by atoms with van der Waals surface area (Å²) in [5.41, 5.74) is 0. The zero-order chi connectivity index (χ0) is 7.15. The Morgan fingerprint density at radius 1 is 0.800 bits per heavy atom. The van der Waals surface area contributed by atoms with E-state index in [2.05, 4.69) is 0 Å². The standard InChI is InChI=1S/2CH2O3.Mg.Mn/c2*2-1(3)4;;/h2*(H2,2,3,4);;/q;;2*+2/p-4. The van der Waals surface area contributed by atoms with Gasteiger partial charge in [0, 0.05) is 0 Å². The van der Waals surface area contributed by atoms with E-state index in [1.807, 2.05) is 0 Å². The van der Waals surface area contributed by atoms with E-state index >= 15 is 0 Å². The normalized spacial score (nSPS) is 4.80. The Balaban J connectivity index is -0.0000000300. The molecule has 0 N–H and O–H groups in total. The largest absolute Gasteiger partial charge is 2.00 e. The zero-order valence-electron chi connectivity index (χ0n) is 4.53. The fourth-order valence-electron chi connectivity index (χ4n) is 0. The van der Waals surface area contributed by atoms with Crippen LogP contribution in [0, 0.1) is 0 Å². The molecule has 0 aliphatic carbocycles. The minimum atomic E-state index is -2.33. The summed E-state index contributed by atoms with van der Waals surface area (Å²) in [5, 5.41) is 33.3. The molecule has 0 aromatic rings. The van der Waals surface area contributed by atoms with Gasteiger partial charge in [0.15, 0.2) is 0 Å². The molecule has 0 aliphatic rings. The van der Waals surface area contributed by atoms with Crippen LogP contribution in [-0.4, -0.2) is 35.4 Å². The summed E-state index contributed by atoms with van der Waals surface area (Å²) in [6, 6.07) is 0. The van der Waals surface area contributed by atoms with E-state index in [1.165, 1.54) is 0 Å². The second-order valence-electron chi connectivity index (χ2n) is 0.500. The first kappa shape index (κ1) is 22.6. The van der Waals surface area contributed by atoms with Crippen LogP contribution >= 0.6 is 0 Å². The summed E-state index contributed by atoms with van der Waals surface area (Å²) >= 11 is 0. The monoisotopic (exact) mass is 199 g/mol. The van der Waals surface area contributed by atoms with Crippen molar-refractivity contribution in [2.24, 2.45) is 0 Å². The molecule has 0 rings (SSSR count). The number of carbonyl (C=O) groups excluding carboxylic acids is 2. The zero-order valence-corrected chi connectivity index (χ0v) is 7.13. The van der Waals surface area contributed by atoms with Crippen LogP contribution < -0.4 is 20.4 Å². The van der Waals surface area contributed by atoms with Crippen LogP contribution in [0.5, 0.6) is 0 Å². The Kier molecular flexibility index (Phi) is 35.9. The third-order valence-corrected chi connectivity index (χ3v) is 0. The Labute approximate surface area is 82.5 Å². The van der Waals surface area contributed by atoms with E-state index in [0.717, 1.165) is 0 Å². The number of hydrogen-bond acceptors (Lipinski definition) is 6. The first-order valence-corrected chi connectivity index (χ1v) is 1.22. The molecule has 6 nitrogen and oxygen atoms in total. The average molecular weight is 199 g/mol. The minimum absolute atomic E-state index is 0. The van der Waals surface area contributed by atoms with E-state index in [9.17, 15) is 0 Å². The summed E-state index contributed by atoms with van der Waals surface area (Å²) in [7, 11) is 0. The predicted octanol–water partition coefficient (Wildman–Crippen LogP) is -5.28. The molecule has 0 heterocycles. The number of carbonyl (C=O) groups is 2. The van der Waals surface area contributed by atoms with Crippen LogP contribution in [-0.2, 0) is 17.1 Å². The fraction of sp³-hybridized carbons (Fsp3) is 0. The predicted molar refractivity (Wildman–Crippen MR) is 16.5 cm³/mol. The summed E-state index contributed by atoms with van der Waals surface area (Å²) in [5.74, 6) is 0. The van der Waals surface area contributed by atoms with Gasteiger partial charge in [-0.3, -0.25) is 0 Å². The van der Waals surface area contributed by atoms with Crippen molar-refractivity contribution in [1.82, 2.24) is 0 Å². The summed E-state index contributed by atoms with van der Waals surface area (Å²) in [6.45, 7) is 0. The van der Waals surface area contributed by atoms with Crippen molar-refractivity contribution in [2.75, 3.05) is 0 Å². The van der Waals surface area contributed by atoms with Gasteiger partial charge in [-0.25, -0.2) is 0 Å². The first-order valence-electron chi connectivity index (χ1n) is 1.22. The Morgan fingerprint density at radius 2 is 0.800 bits per heavy atom. The molecule has 53 valence electrons. The molecule has 0 spiro atoms. The fourth-order valence-corrected chi connectivity index (χ4v) is 0. The number of carboxylic acid groups (broad SMARTS) is 4. The molecule has 0 atom stereocenters. The molecule has 0 bridgehead atoms. The Hall–Kier alpha value is -0.174. The van der Waals surface area contributed by atoms with E-state index < -0.39 is 12.3 Å². The van der Waals surface area contributed by atoms with Gasteiger partial charge in [-0.2, -0.15) is 0 Å². The van der Waals surface area contributed by atoms with Gasteiger partial charge >= 0.3 is 40.1 Å². The van der Waals surface area contributed by atoms with Gasteiger partial charge in [-0.1, -0.05) is 0 Å². The van der Waals surface area contributed by atoms with E-state index in [4.69, 9.17) is 30.0 Å². The van der Waals surface area contributed by atoms with Gasteiger partial charge in [0.2, 0.25) is 0 Å². The summed E-state index contributed by atoms with van der Waals surface area (Å²) in [4.78, 5) is 16.7. The van der Waals surface area contributed by atoms with Crippen LogP contribution in [0.3, 0.4) is 0 Å². The molecular weight excluding hydrogens is 199 g/mol. The van der Waals surface area contributed by atoms with E-state index in [1.54, 1.807) is 0 Å². The molecule has 0 unspecified atom stereocenters. The molecule has 0 saturated heterocycles. The first-order chi connectivity index (χ1) is 3.46. The van der Waals surface area contributed by atoms with E-state index in [-0.39, 0.29) is 40.1 Å². The molecule has 0 aromatic carbocycles. The van der Waals surface area contributed by atoms with Crippen LogP contribution in [0.1, 0.15) is 0 Å². The maximum Gasteiger partial charge on any atom is 2.00 e. The summed E-state index contributed by atoms with van der Waals surface area (Å²) in [6.07, 6.45) is -4.67. The minimum Gasteiger partial charge on any atom is -0.652 e. The van der Waals surface area contributed by atoms with Gasteiger partial charge in [0.25, 0.3) is 0 Å². The van der Waals surface area contributed by atoms with E-state index in [0.29, 0.717) is 0 Å². The SMILES string of the molecule is O=C([O-])[O-].O=C([O-])[O-].[Mg+2].[Mn+2]. The van der Waals surface area contributed by atoms with Crippen LogP contribution in [0.4, 0.5) is 9.59 Å². The van der Waals surface area contributed by atoms with Gasteiger partial charge in [-0.05, 0) is 12.3 Å². The van der Waals surface area contributed by atoms with Crippen molar-refractivity contribution in [2.45, 2.75) is 0 Å². The molecule has 1 radical (unpaired) electrons. The van der Waals surface area contributed by atoms with Crippen molar-refractivity contribution in [3.8, 4) is 0 Å². The molecule has 0 fully saturated rings. The molecule has 8 heteroatoms. The van der Waals surface area contributed by atoms with Crippen molar-refractivity contribution in [3.63, 3.8) is 0 Å². The van der Waals surface area contributed by atoms with Crippen molar-refractivity contribution < 1.29 is 47.1 Å². The van der Waals surface area contributed by atoms with Crippen LogP contribution in [0.2, 0.25) is 0 Å². The second-order valence-corrected chi connectivity index (χ2v) is 0.500. The molecular formula is C2MgMnO6. The maximum absolute atomic E-state index is 8.33. The quantitative estimate of drug-likeness (QED) is 0.359. The molecule has 0 aromatic heterocycles. The molecule has 10 heavy (non-hydrogen) atoms. The Bertz CT molecular complexity index is 73.7.